The number of halogens is 12. The second kappa shape index (κ2) is 5.78. The van der Waals surface area contributed by atoms with Gasteiger partial charge in [0.05, 0.1) is 0 Å². The highest BCUT2D eigenvalue weighted by molar-refractivity contribution is 7.92. The summed E-state index contributed by atoms with van der Waals surface area (Å²) in [4.78, 5) is 0. The minimum atomic E-state index is -8.15. The van der Waals surface area contributed by atoms with Crippen LogP contribution in [0.3, 0.4) is 0 Å². The van der Waals surface area contributed by atoms with Gasteiger partial charge in [-0.1, -0.05) is 0 Å². The number of sulfone groups is 2. The largest absolute Gasteiger partial charge is 0.413 e. The van der Waals surface area contributed by atoms with E-state index in [4.69, 9.17) is 0 Å². The Balaban J connectivity index is 6.80. The van der Waals surface area contributed by atoms with Crippen LogP contribution in [0, 0.1) is 0 Å². The van der Waals surface area contributed by atoms with Crippen LogP contribution in [0.2, 0.25) is 0 Å². The van der Waals surface area contributed by atoms with E-state index in [1.807, 2.05) is 0 Å². The average Bonchev–Trinajstić information content (AvgIpc) is 2.34. The molecule has 0 bridgehead atoms. The Morgan fingerprint density at radius 3 is 0.692 bits per heavy atom. The molecular formula is C8H6F12O4S2. The van der Waals surface area contributed by atoms with Crippen LogP contribution in [0.15, 0.2) is 0 Å². The van der Waals surface area contributed by atoms with E-state index < -0.39 is 66.4 Å². The molecule has 0 radical (unpaired) electrons. The molecule has 0 spiro atoms. The van der Waals surface area contributed by atoms with E-state index in [0.717, 1.165) is 0 Å². The average molecular weight is 458 g/mol. The van der Waals surface area contributed by atoms with Gasteiger partial charge in [0.15, 0.2) is 0 Å². The van der Waals surface area contributed by atoms with Gasteiger partial charge < -0.3 is 0 Å². The third-order valence-corrected chi connectivity index (χ3v) is 5.22. The summed E-state index contributed by atoms with van der Waals surface area (Å²) in [5.41, 5.74) is 0. The molecule has 0 aromatic heterocycles. The van der Waals surface area contributed by atoms with Gasteiger partial charge in [-0.15, -0.1) is 0 Å². The van der Waals surface area contributed by atoms with Crippen molar-refractivity contribution < 1.29 is 69.5 Å². The summed E-state index contributed by atoms with van der Waals surface area (Å²) in [7, 11) is -13.3. The first-order valence-corrected chi connectivity index (χ1v) is 9.19. The smallest absolute Gasteiger partial charge is 0.223 e. The molecule has 0 aromatic rings. The lowest BCUT2D eigenvalue weighted by Crippen LogP contribution is -2.72. The molecule has 4 nitrogen and oxygen atoms in total. The second-order valence-electron chi connectivity index (χ2n) is 4.88. The van der Waals surface area contributed by atoms with E-state index in [2.05, 4.69) is 0 Å². The lowest BCUT2D eigenvalue weighted by molar-refractivity contribution is -0.407. The van der Waals surface area contributed by atoms with Gasteiger partial charge in [0.2, 0.25) is 19.7 Å². The monoisotopic (exact) mass is 458 g/mol. The van der Waals surface area contributed by atoms with Crippen molar-refractivity contribution in [2.24, 2.45) is 0 Å². The molecule has 0 amide bonds. The molecule has 158 valence electrons. The zero-order valence-electron chi connectivity index (χ0n) is 12.0. The Morgan fingerprint density at radius 1 is 0.423 bits per heavy atom. The Bertz CT molecular complexity index is 701. The van der Waals surface area contributed by atoms with Crippen LogP contribution in [0.4, 0.5) is 52.7 Å². The highest BCUT2D eigenvalue weighted by atomic mass is 32.2. The Kier molecular flexibility index (Phi) is 5.57. The van der Waals surface area contributed by atoms with Crippen molar-refractivity contribution in [3.63, 3.8) is 0 Å². The summed E-state index contributed by atoms with van der Waals surface area (Å²) in [6, 6.07) is 0. The Morgan fingerprint density at radius 2 is 0.577 bits per heavy atom. The summed E-state index contributed by atoms with van der Waals surface area (Å²) < 4.78 is 199. The minimum Gasteiger partial charge on any atom is -0.223 e. The molecule has 26 heavy (non-hydrogen) atoms. The van der Waals surface area contributed by atoms with Crippen LogP contribution in [-0.4, -0.2) is 63.5 Å². The quantitative estimate of drug-likeness (QED) is 0.551. The zero-order chi connectivity index (χ0) is 22.0. The van der Waals surface area contributed by atoms with Gasteiger partial charge in [-0.2, -0.15) is 52.7 Å². The first-order chi connectivity index (χ1) is 10.8. The van der Waals surface area contributed by atoms with Crippen LogP contribution in [0.25, 0.3) is 0 Å². The summed E-state index contributed by atoms with van der Waals surface area (Å²) in [6.45, 7) is 0. The molecule has 0 aliphatic carbocycles. The summed E-state index contributed by atoms with van der Waals surface area (Å²) >= 11 is 0. The molecule has 0 fully saturated rings. The summed E-state index contributed by atoms with van der Waals surface area (Å²) in [5, 5.41) is -14.2. The normalized spacial score (nSPS) is 16.7. The molecule has 0 N–H and O–H groups in total. The van der Waals surface area contributed by atoms with Crippen molar-refractivity contribution in [1.82, 2.24) is 0 Å². The number of rotatable bonds is 7. The van der Waals surface area contributed by atoms with Crippen LogP contribution in [0.1, 0.15) is 0 Å². The fourth-order valence-corrected chi connectivity index (χ4v) is 2.41. The SMILES string of the molecule is CS(=O)(=O)C(F)(F)C(F)(F)C(F)(F)C(F)(F)C(F)(F)C(F)(F)S(C)(=O)=O. The van der Waals surface area contributed by atoms with Gasteiger partial charge in [0.1, 0.15) is 0 Å². The molecule has 0 unspecified atom stereocenters. The molecule has 0 saturated heterocycles. The number of alkyl halides is 12. The fourth-order valence-electron chi connectivity index (χ4n) is 1.23. The van der Waals surface area contributed by atoms with Crippen LogP contribution >= 0.6 is 0 Å². The van der Waals surface area contributed by atoms with Crippen molar-refractivity contribution in [3.8, 4) is 0 Å². The van der Waals surface area contributed by atoms with Crippen LogP contribution in [-0.2, 0) is 19.7 Å². The van der Waals surface area contributed by atoms with Gasteiger partial charge in [0, 0.05) is 12.5 Å². The number of hydrogen-bond acceptors (Lipinski definition) is 4. The lowest BCUT2D eigenvalue weighted by Gasteiger charge is -2.40. The molecule has 0 aromatic carbocycles. The summed E-state index contributed by atoms with van der Waals surface area (Å²) in [5.74, 6) is -32.0. The molecule has 0 heterocycles. The topological polar surface area (TPSA) is 68.3 Å². The van der Waals surface area contributed by atoms with Gasteiger partial charge in [-0.25, -0.2) is 16.8 Å². The van der Waals surface area contributed by atoms with Crippen molar-refractivity contribution in [1.29, 1.82) is 0 Å². The number of hydrogen-bond donors (Lipinski definition) is 0. The van der Waals surface area contributed by atoms with Gasteiger partial charge in [-0.3, -0.25) is 0 Å². The molecule has 0 atom stereocenters. The Labute approximate surface area is 137 Å². The van der Waals surface area contributed by atoms with Crippen molar-refractivity contribution in [3.05, 3.63) is 0 Å². The predicted molar refractivity (Wildman–Crippen MR) is 59.4 cm³/mol. The van der Waals surface area contributed by atoms with Crippen LogP contribution in [0.5, 0.6) is 0 Å². The molecule has 18 heteroatoms. The maximum absolute atomic E-state index is 13.2. The molecule has 0 aliphatic heterocycles. The lowest BCUT2D eigenvalue weighted by atomic mass is 9.98. The van der Waals surface area contributed by atoms with E-state index in [0.29, 0.717) is 0 Å². The minimum absolute atomic E-state index is 0.863. The second-order valence-corrected chi connectivity index (χ2v) is 8.99. The maximum atomic E-state index is 13.2. The fraction of sp³-hybridized carbons (Fsp3) is 1.00. The van der Waals surface area contributed by atoms with E-state index in [9.17, 15) is 69.5 Å². The van der Waals surface area contributed by atoms with Gasteiger partial charge in [-0.05, 0) is 0 Å². The highest BCUT2D eigenvalue weighted by Gasteiger charge is 2.92. The maximum Gasteiger partial charge on any atom is 0.413 e. The van der Waals surface area contributed by atoms with E-state index >= 15 is 0 Å². The van der Waals surface area contributed by atoms with Gasteiger partial charge >= 0.3 is 34.2 Å². The van der Waals surface area contributed by atoms with E-state index in [1.54, 1.807) is 0 Å². The van der Waals surface area contributed by atoms with Crippen molar-refractivity contribution in [2.75, 3.05) is 12.5 Å². The molecule has 0 aliphatic rings. The van der Waals surface area contributed by atoms with E-state index in [1.165, 1.54) is 0 Å². The third kappa shape index (κ3) is 2.91. The van der Waals surface area contributed by atoms with Crippen molar-refractivity contribution >= 4 is 19.7 Å². The third-order valence-electron chi connectivity index (χ3n) is 2.85. The predicted octanol–water partition coefficient (Wildman–Crippen LogP) is 2.80. The van der Waals surface area contributed by atoms with Gasteiger partial charge in [0.25, 0.3) is 0 Å². The molecular weight excluding hydrogens is 452 g/mol. The van der Waals surface area contributed by atoms with Crippen molar-refractivity contribution in [2.45, 2.75) is 34.2 Å². The van der Waals surface area contributed by atoms with Crippen LogP contribution < -0.4 is 0 Å². The molecule has 0 rings (SSSR count). The first kappa shape index (κ1) is 25.1. The van der Waals surface area contributed by atoms with E-state index in [-0.39, 0.29) is 0 Å². The first-order valence-electron chi connectivity index (χ1n) is 5.41. The molecule has 0 saturated carbocycles. The zero-order valence-corrected chi connectivity index (χ0v) is 13.6. The highest BCUT2D eigenvalue weighted by Crippen LogP contribution is 2.61. The standard InChI is InChI=1S/C8H6F12O4S2/c1-25(21,22)7(17,18)5(13,14)3(9,10)4(11,12)6(15,16)8(19,20)26(2,23)24/h1-2H3. The Hall–Kier alpha value is -0.940. The summed E-state index contributed by atoms with van der Waals surface area (Å²) in [6.07, 6.45) is -1.73.